The standard InChI is InChI=1S/C38H41N3O5S/c42-37(36(27-29-9-3-1-4-10-29)39-46-38-13-7-8-26-45-38)28-30-14-18-34(19-15-30)41-24-22-33(23-25-41)40-47(43,44)35-20-16-32(17-21-35)31-11-5-2-6-12-31/h1-6,9-12,14-21,33,38,40H,7-8,13,22-28H2/b39-36+. The zero-order valence-corrected chi connectivity index (χ0v) is 27.3. The Kier molecular flexibility index (Phi) is 10.8. The molecule has 0 spiro atoms. The van der Waals surface area contributed by atoms with Crippen molar-refractivity contribution in [1.29, 1.82) is 0 Å². The number of benzene rings is 4. The molecule has 4 aromatic rings. The quantitative estimate of drug-likeness (QED) is 0.138. The molecule has 2 heterocycles. The molecule has 2 fully saturated rings. The Hall–Kier alpha value is -4.31. The molecule has 2 aliphatic heterocycles. The Balaban J connectivity index is 1.02. The summed E-state index contributed by atoms with van der Waals surface area (Å²) in [4.78, 5) is 21.6. The van der Waals surface area contributed by atoms with Gasteiger partial charge in [-0.1, -0.05) is 90.1 Å². The van der Waals surface area contributed by atoms with E-state index in [4.69, 9.17) is 9.57 Å². The highest BCUT2D eigenvalue weighted by Crippen LogP contribution is 2.24. The van der Waals surface area contributed by atoms with Gasteiger partial charge in [0.1, 0.15) is 5.71 Å². The molecule has 1 N–H and O–H groups in total. The number of ketones is 1. The van der Waals surface area contributed by atoms with Gasteiger partial charge >= 0.3 is 0 Å². The molecule has 47 heavy (non-hydrogen) atoms. The van der Waals surface area contributed by atoms with Gasteiger partial charge in [-0.25, -0.2) is 13.1 Å². The number of rotatable bonds is 12. The largest absolute Gasteiger partial charge is 0.371 e. The average molecular weight is 652 g/mol. The second kappa shape index (κ2) is 15.5. The molecule has 0 amide bonds. The fourth-order valence-corrected chi connectivity index (χ4v) is 7.30. The van der Waals surface area contributed by atoms with Crippen molar-refractivity contribution in [2.24, 2.45) is 5.16 Å². The Morgan fingerprint density at radius 2 is 1.40 bits per heavy atom. The van der Waals surface area contributed by atoms with Crippen LogP contribution in [-0.2, 0) is 37.2 Å². The molecule has 0 bridgehead atoms. The van der Waals surface area contributed by atoms with Gasteiger partial charge in [-0.2, -0.15) is 0 Å². The SMILES string of the molecule is O=C(Cc1ccc(N2CCC(NS(=O)(=O)c3ccc(-c4ccccc4)cc3)CC2)cc1)/C(Cc1ccccc1)=N/OC1CCCCO1. The van der Waals surface area contributed by atoms with Crippen LogP contribution in [0.2, 0.25) is 0 Å². The lowest BCUT2D eigenvalue weighted by Crippen LogP contribution is -2.44. The molecule has 4 aromatic carbocycles. The van der Waals surface area contributed by atoms with Crippen LogP contribution in [0.3, 0.4) is 0 Å². The van der Waals surface area contributed by atoms with Gasteiger partial charge in [-0.3, -0.25) is 4.79 Å². The summed E-state index contributed by atoms with van der Waals surface area (Å²) in [7, 11) is -3.62. The van der Waals surface area contributed by atoms with E-state index in [1.54, 1.807) is 12.1 Å². The van der Waals surface area contributed by atoms with Crippen LogP contribution in [0.25, 0.3) is 11.1 Å². The normalized spacial score (nSPS) is 17.7. The van der Waals surface area contributed by atoms with Crippen molar-refractivity contribution in [3.8, 4) is 11.1 Å². The Labute approximate surface area is 277 Å². The van der Waals surface area contributed by atoms with E-state index in [1.807, 2.05) is 97.1 Å². The van der Waals surface area contributed by atoms with Crippen molar-refractivity contribution in [3.05, 3.63) is 120 Å². The maximum absolute atomic E-state index is 13.4. The number of oxime groups is 1. The van der Waals surface area contributed by atoms with Crippen LogP contribution in [0.1, 0.15) is 43.2 Å². The summed E-state index contributed by atoms with van der Waals surface area (Å²) in [5.74, 6) is -0.0831. The maximum atomic E-state index is 13.4. The lowest BCUT2D eigenvalue weighted by atomic mass is 10.00. The molecule has 1 atom stereocenters. The van der Waals surface area contributed by atoms with E-state index in [1.165, 1.54) is 0 Å². The van der Waals surface area contributed by atoms with Gasteiger partial charge in [0.2, 0.25) is 16.3 Å². The first-order valence-electron chi connectivity index (χ1n) is 16.4. The minimum absolute atomic E-state index is 0.0831. The number of sulfonamides is 1. The van der Waals surface area contributed by atoms with Gasteiger partial charge in [0.05, 0.1) is 11.5 Å². The molecule has 0 aromatic heterocycles. The van der Waals surface area contributed by atoms with Crippen LogP contribution >= 0.6 is 0 Å². The number of carbonyl (C=O) groups excluding carboxylic acids is 1. The monoisotopic (exact) mass is 651 g/mol. The summed E-state index contributed by atoms with van der Waals surface area (Å²) in [6.45, 7) is 2.10. The van der Waals surface area contributed by atoms with Crippen LogP contribution in [0.4, 0.5) is 5.69 Å². The van der Waals surface area contributed by atoms with E-state index in [-0.39, 0.29) is 23.1 Å². The number of ether oxygens (including phenoxy) is 1. The minimum atomic E-state index is -3.62. The highest BCUT2D eigenvalue weighted by Gasteiger charge is 2.25. The molecule has 9 heteroatoms. The smallest absolute Gasteiger partial charge is 0.240 e. The third kappa shape index (κ3) is 8.94. The van der Waals surface area contributed by atoms with Crippen LogP contribution in [-0.4, -0.2) is 51.9 Å². The van der Waals surface area contributed by atoms with E-state index >= 15 is 0 Å². The van der Waals surface area contributed by atoms with Gasteiger partial charge in [-0.05, 0) is 72.2 Å². The van der Waals surface area contributed by atoms with Gasteiger partial charge in [0.15, 0.2) is 5.78 Å². The molecule has 2 saturated heterocycles. The molecule has 8 nitrogen and oxygen atoms in total. The number of hydrogen-bond donors (Lipinski definition) is 1. The number of nitrogens with one attached hydrogen (secondary N) is 1. The predicted octanol–water partition coefficient (Wildman–Crippen LogP) is 6.55. The zero-order chi connectivity index (χ0) is 32.5. The summed E-state index contributed by atoms with van der Waals surface area (Å²) in [6, 6.07) is 34.6. The van der Waals surface area contributed by atoms with Gasteiger partial charge in [0.25, 0.3) is 0 Å². The van der Waals surface area contributed by atoms with Crippen LogP contribution < -0.4 is 9.62 Å². The van der Waals surface area contributed by atoms with Crippen LogP contribution in [0, 0.1) is 0 Å². The van der Waals surface area contributed by atoms with Gasteiger partial charge < -0.3 is 14.5 Å². The first-order chi connectivity index (χ1) is 22.9. The molecule has 244 valence electrons. The summed E-state index contributed by atoms with van der Waals surface area (Å²) in [5.41, 5.74) is 5.35. The van der Waals surface area contributed by atoms with Gasteiger partial charge in [0, 0.05) is 44.1 Å². The molecule has 2 aliphatic rings. The zero-order valence-electron chi connectivity index (χ0n) is 26.5. The Morgan fingerprint density at radius 1 is 0.766 bits per heavy atom. The molecule has 6 rings (SSSR count). The van der Waals surface area contributed by atoms with Gasteiger partial charge in [-0.15, -0.1) is 0 Å². The molecule has 1 unspecified atom stereocenters. The highest BCUT2D eigenvalue weighted by atomic mass is 32.2. The first kappa shape index (κ1) is 32.6. The maximum Gasteiger partial charge on any atom is 0.240 e. The third-order valence-corrected chi connectivity index (χ3v) is 10.2. The van der Waals surface area contributed by atoms with Crippen molar-refractivity contribution in [2.45, 2.75) is 62.2 Å². The van der Waals surface area contributed by atoms with Crippen LogP contribution in [0.5, 0.6) is 0 Å². The second-order valence-electron chi connectivity index (χ2n) is 12.1. The summed E-state index contributed by atoms with van der Waals surface area (Å²) < 4.78 is 34.8. The Bertz CT molecular complexity index is 1730. The summed E-state index contributed by atoms with van der Waals surface area (Å²) in [6.07, 6.45) is 4.40. The topological polar surface area (TPSA) is 97.3 Å². The van der Waals surface area contributed by atoms with E-state index in [2.05, 4.69) is 14.8 Å². The summed E-state index contributed by atoms with van der Waals surface area (Å²) >= 11 is 0. The third-order valence-electron chi connectivity index (χ3n) is 8.71. The van der Waals surface area contributed by atoms with Crippen molar-refractivity contribution in [1.82, 2.24) is 4.72 Å². The molecular weight excluding hydrogens is 611 g/mol. The lowest BCUT2D eigenvalue weighted by Gasteiger charge is -2.34. The average Bonchev–Trinajstić information content (AvgIpc) is 3.12. The molecule has 0 aliphatic carbocycles. The second-order valence-corrected chi connectivity index (χ2v) is 13.9. The lowest BCUT2D eigenvalue weighted by molar-refractivity contribution is -0.162. The van der Waals surface area contributed by atoms with Crippen molar-refractivity contribution in [3.63, 3.8) is 0 Å². The predicted molar refractivity (Wildman–Crippen MR) is 185 cm³/mol. The fraction of sp³-hybridized carbons (Fsp3) is 0.316. The minimum Gasteiger partial charge on any atom is -0.371 e. The number of carbonyl (C=O) groups is 1. The van der Waals surface area contributed by atoms with Crippen molar-refractivity contribution in [2.75, 3.05) is 24.6 Å². The van der Waals surface area contributed by atoms with Crippen molar-refractivity contribution < 1.29 is 22.8 Å². The first-order valence-corrected chi connectivity index (χ1v) is 17.8. The number of nitrogens with zero attached hydrogens (tertiary/aromatic N) is 2. The number of piperidine rings is 1. The highest BCUT2D eigenvalue weighted by molar-refractivity contribution is 7.89. The van der Waals surface area contributed by atoms with E-state index in [0.717, 1.165) is 60.3 Å². The van der Waals surface area contributed by atoms with E-state index < -0.39 is 16.3 Å². The number of anilines is 1. The molecular formula is C38H41N3O5S. The van der Waals surface area contributed by atoms with E-state index in [0.29, 0.717) is 31.6 Å². The van der Waals surface area contributed by atoms with Crippen molar-refractivity contribution >= 4 is 27.2 Å². The Morgan fingerprint density at radius 3 is 2.06 bits per heavy atom. The summed E-state index contributed by atoms with van der Waals surface area (Å²) in [5, 5.41) is 4.28. The molecule has 0 saturated carbocycles. The fourth-order valence-electron chi connectivity index (χ4n) is 6.00. The number of hydrogen-bond acceptors (Lipinski definition) is 7. The molecule has 0 radical (unpaired) electrons. The van der Waals surface area contributed by atoms with Crippen LogP contribution in [0.15, 0.2) is 119 Å². The number of Topliss-reactive ketones (excluding diaryl/α,β-unsaturated/α-hetero) is 1. The van der Waals surface area contributed by atoms with E-state index in [9.17, 15) is 13.2 Å².